The summed E-state index contributed by atoms with van der Waals surface area (Å²) in [5.41, 5.74) is 3.30. The van der Waals surface area contributed by atoms with Crippen molar-refractivity contribution in [1.82, 2.24) is 15.5 Å². The minimum Gasteiger partial charge on any atom is -0.412 e. The second kappa shape index (κ2) is 16.6. The van der Waals surface area contributed by atoms with E-state index in [0.717, 1.165) is 37.7 Å². The molecule has 1 aromatic carbocycles. The molecule has 3 rings (SSSR count). The van der Waals surface area contributed by atoms with Crippen LogP contribution in [0.1, 0.15) is 72.3 Å². The third-order valence-corrected chi connectivity index (χ3v) is 7.28. The van der Waals surface area contributed by atoms with E-state index in [9.17, 15) is 0 Å². The number of likely N-dealkylation sites (tertiary alicyclic amines) is 1. The van der Waals surface area contributed by atoms with Gasteiger partial charge in [0.25, 0.3) is 0 Å². The zero-order valence-corrected chi connectivity index (χ0v) is 21.8. The van der Waals surface area contributed by atoms with Gasteiger partial charge in [-0.3, -0.25) is 0 Å². The van der Waals surface area contributed by atoms with Gasteiger partial charge >= 0.3 is 0 Å². The molecule has 0 saturated carbocycles. The Morgan fingerprint density at radius 1 is 1.15 bits per heavy atom. The quantitative estimate of drug-likeness (QED) is 0.396. The van der Waals surface area contributed by atoms with Crippen molar-refractivity contribution in [1.29, 1.82) is 0 Å². The average molecular weight is 502 g/mol. The predicted octanol–water partition coefficient (Wildman–Crippen LogP) is 3.63. The Kier molecular flexibility index (Phi) is 17.2. The second-order valence-electron chi connectivity index (χ2n) is 10.4. The summed E-state index contributed by atoms with van der Waals surface area (Å²) in [5.74, 6) is 1.26. The molecule has 7 heteroatoms. The molecular formula is C27H52ClN3O3. The summed E-state index contributed by atoms with van der Waals surface area (Å²) in [5, 5.41) is 8.19. The monoisotopic (exact) mass is 501 g/mol. The standard InChI is InChI=1S/C26H42ClN3.CH4.3H2O/c1-20(2)25(29-15-6-8-21-7-5-14-28-17-21)18-30-16-13-24(26(3,4)19-30)22-9-11-23(27)12-10-22;;;;/h7,9-12,20,24-25,28-29H,5-6,8,13-19H2,1-4H3;1H4;3*1H2/t24?,25-;;;;/m0..../s1. The fourth-order valence-corrected chi connectivity index (χ4v) is 5.34. The lowest BCUT2D eigenvalue weighted by atomic mass is 9.70. The largest absolute Gasteiger partial charge is 0.412 e. The fraction of sp³-hybridized carbons (Fsp3) is 0.704. The van der Waals surface area contributed by atoms with Crippen LogP contribution in [0.15, 0.2) is 35.9 Å². The van der Waals surface area contributed by atoms with Gasteiger partial charge in [0.1, 0.15) is 0 Å². The van der Waals surface area contributed by atoms with Gasteiger partial charge in [-0.1, -0.05) is 70.5 Å². The van der Waals surface area contributed by atoms with E-state index in [-0.39, 0.29) is 29.3 Å². The SMILES string of the molecule is C.CC(C)[C@H](CN1CCC(c2ccc(Cl)cc2)C(C)(C)C1)NCCCC1=CCCNC1.O.O.O. The number of piperidine rings is 1. The van der Waals surface area contributed by atoms with E-state index in [1.165, 1.54) is 37.8 Å². The molecule has 1 fully saturated rings. The fourth-order valence-electron chi connectivity index (χ4n) is 5.22. The minimum atomic E-state index is 0. The van der Waals surface area contributed by atoms with Crippen LogP contribution in [0.2, 0.25) is 5.02 Å². The topological polar surface area (TPSA) is 122 Å². The van der Waals surface area contributed by atoms with E-state index in [1.54, 1.807) is 5.57 Å². The van der Waals surface area contributed by atoms with Crippen molar-refractivity contribution in [3.63, 3.8) is 0 Å². The molecule has 2 aliphatic rings. The third kappa shape index (κ3) is 10.3. The molecule has 6 nitrogen and oxygen atoms in total. The van der Waals surface area contributed by atoms with Crippen molar-refractivity contribution >= 4 is 11.6 Å². The zero-order valence-electron chi connectivity index (χ0n) is 21.0. The van der Waals surface area contributed by atoms with E-state index in [0.29, 0.717) is 17.9 Å². The highest BCUT2D eigenvalue weighted by Gasteiger charge is 2.37. The van der Waals surface area contributed by atoms with Crippen LogP contribution >= 0.6 is 11.6 Å². The third-order valence-electron chi connectivity index (χ3n) is 7.03. The van der Waals surface area contributed by atoms with Crippen LogP contribution in [0.25, 0.3) is 0 Å². The van der Waals surface area contributed by atoms with Crippen molar-refractivity contribution in [2.45, 2.75) is 72.8 Å². The Morgan fingerprint density at radius 3 is 2.38 bits per heavy atom. The Labute approximate surface area is 213 Å². The average Bonchev–Trinajstić information content (AvgIpc) is 2.71. The van der Waals surface area contributed by atoms with Crippen LogP contribution in [0.5, 0.6) is 0 Å². The van der Waals surface area contributed by atoms with Gasteiger partial charge in [0.05, 0.1) is 0 Å². The molecule has 0 aliphatic carbocycles. The zero-order chi connectivity index (χ0) is 21.6. The summed E-state index contributed by atoms with van der Waals surface area (Å²) in [7, 11) is 0. The number of hydrogen-bond acceptors (Lipinski definition) is 3. The first kappa shape index (κ1) is 35.2. The number of benzene rings is 1. The van der Waals surface area contributed by atoms with Crippen LogP contribution in [0.4, 0.5) is 0 Å². The van der Waals surface area contributed by atoms with Crippen molar-refractivity contribution in [2.24, 2.45) is 11.3 Å². The maximum atomic E-state index is 6.11. The Bertz CT molecular complexity index is 695. The number of hydrogen-bond donors (Lipinski definition) is 2. The number of nitrogens with one attached hydrogen (secondary N) is 2. The molecule has 1 saturated heterocycles. The van der Waals surface area contributed by atoms with E-state index in [1.807, 2.05) is 12.1 Å². The molecule has 2 heterocycles. The van der Waals surface area contributed by atoms with Crippen molar-refractivity contribution in [3.8, 4) is 0 Å². The van der Waals surface area contributed by atoms with Crippen molar-refractivity contribution < 1.29 is 16.4 Å². The Hall–Kier alpha value is -0.990. The molecule has 34 heavy (non-hydrogen) atoms. The van der Waals surface area contributed by atoms with Gasteiger partial charge in [-0.2, -0.15) is 0 Å². The summed E-state index contributed by atoms with van der Waals surface area (Å²) in [6.07, 6.45) is 7.31. The van der Waals surface area contributed by atoms with Crippen LogP contribution in [0.3, 0.4) is 0 Å². The normalized spacial score (nSPS) is 20.6. The number of halogens is 1. The van der Waals surface area contributed by atoms with Crippen molar-refractivity contribution in [2.75, 3.05) is 39.3 Å². The molecule has 0 aromatic heterocycles. The van der Waals surface area contributed by atoms with Crippen molar-refractivity contribution in [3.05, 3.63) is 46.5 Å². The second-order valence-corrected chi connectivity index (χ2v) is 10.8. The molecule has 1 unspecified atom stereocenters. The lowest BCUT2D eigenvalue weighted by Crippen LogP contribution is -2.51. The van der Waals surface area contributed by atoms with Crippen LogP contribution < -0.4 is 10.6 Å². The van der Waals surface area contributed by atoms with Crippen LogP contribution in [0, 0.1) is 11.3 Å². The maximum absolute atomic E-state index is 6.11. The lowest BCUT2D eigenvalue weighted by molar-refractivity contribution is 0.0794. The summed E-state index contributed by atoms with van der Waals surface area (Å²) in [6, 6.07) is 9.08. The van der Waals surface area contributed by atoms with Crippen LogP contribution in [-0.4, -0.2) is 66.6 Å². The first-order valence-corrected chi connectivity index (χ1v) is 12.3. The first-order chi connectivity index (χ1) is 14.3. The highest BCUT2D eigenvalue weighted by Crippen LogP contribution is 2.42. The molecular weight excluding hydrogens is 450 g/mol. The van der Waals surface area contributed by atoms with Gasteiger partial charge in [0.2, 0.25) is 0 Å². The first-order valence-electron chi connectivity index (χ1n) is 11.9. The molecule has 2 atom stereocenters. The maximum Gasteiger partial charge on any atom is 0.0406 e. The number of nitrogens with zero attached hydrogens (tertiary/aromatic N) is 1. The highest BCUT2D eigenvalue weighted by molar-refractivity contribution is 6.30. The molecule has 1 aromatic rings. The molecule has 0 bridgehead atoms. The van der Waals surface area contributed by atoms with Gasteiger partial charge < -0.3 is 32.0 Å². The van der Waals surface area contributed by atoms with E-state index < -0.39 is 0 Å². The molecule has 0 radical (unpaired) electrons. The van der Waals surface area contributed by atoms with Gasteiger partial charge in [-0.15, -0.1) is 0 Å². The summed E-state index contributed by atoms with van der Waals surface area (Å²) < 4.78 is 0. The molecule has 0 amide bonds. The Morgan fingerprint density at radius 2 is 1.82 bits per heavy atom. The molecule has 200 valence electrons. The number of rotatable bonds is 9. The lowest BCUT2D eigenvalue weighted by Gasteiger charge is -2.46. The Balaban J connectivity index is 0. The van der Waals surface area contributed by atoms with Gasteiger partial charge in [-0.05, 0) is 80.3 Å². The van der Waals surface area contributed by atoms with Gasteiger partial charge in [-0.25, -0.2) is 0 Å². The summed E-state index contributed by atoms with van der Waals surface area (Å²) in [4.78, 5) is 2.69. The molecule has 8 N–H and O–H groups in total. The summed E-state index contributed by atoms with van der Waals surface area (Å²) >= 11 is 6.11. The summed E-state index contributed by atoms with van der Waals surface area (Å²) in [6.45, 7) is 16.4. The molecule has 0 spiro atoms. The minimum absolute atomic E-state index is 0. The van der Waals surface area contributed by atoms with E-state index >= 15 is 0 Å². The van der Waals surface area contributed by atoms with E-state index in [2.05, 4.69) is 61.4 Å². The smallest absolute Gasteiger partial charge is 0.0406 e. The van der Waals surface area contributed by atoms with Gasteiger partial charge in [0, 0.05) is 30.7 Å². The molecule has 2 aliphatic heterocycles. The van der Waals surface area contributed by atoms with E-state index in [4.69, 9.17) is 11.6 Å². The highest BCUT2D eigenvalue weighted by atomic mass is 35.5. The van der Waals surface area contributed by atoms with Gasteiger partial charge in [0.15, 0.2) is 0 Å². The van der Waals surface area contributed by atoms with Crippen LogP contribution in [-0.2, 0) is 0 Å². The predicted molar refractivity (Wildman–Crippen MR) is 148 cm³/mol.